The lowest BCUT2D eigenvalue weighted by atomic mass is 10.0. The van der Waals surface area contributed by atoms with E-state index in [1.54, 1.807) is 30.3 Å². The maximum atomic E-state index is 13.0. The first-order chi connectivity index (χ1) is 12.7. The van der Waals surface area contributed by atoms with E-state index in [4.69, 9.17) is 16.0 Å². The number of hydrogen-bond donors (Lipinski definition) is 0. The van der Waals surface area contributed by atoms with Crippen LogP contribution in [0.2, 0.25) is 5.02 Å². The summed E-state index contributed by atoms with van der Waals surface area (Å²) < 4.78 is 5.95. The van der Waals surface area contributed by atoms with Crippen molar-refractivity contribution < 1.29 is 9.21 Å². The van der Waals surface area contributed by atoms with Crippen molar-refractivity contribution in [2.45, 2.75) is 0 Å². The molecule has 0 N–H and O–H groups in total. The van der Waals surface area contributed by atoms with Gasteiger partial charge in [0.1, 0.15) is 5.58 Å². The molecule has 4 rings (SSSR count). The highest BCUT2D eigenvalue weighted by atomic mass is 35.5. The van der Waals surface area contributed by atoms with Gasteiger partial charge >= 0.3 is 0 Å². The van der Waals surface area contributed by atoms with Crippen molar-refractivity contribution in [3.8, 4) is 0 Å². The zero-order chi connectivity index (χ0) is 17.9. The Kier molecular flexibility index (Phi) is 4.38. The lowest BCUT2D eigenvalue weighted by molar-refractivity contribution is 0.103. The molecule has 26 heavy (non-hydrogen) atoms. The molecule has 0 amide bonds. The number of hydrogen-bond acceptors (Lipinski definition) is 3. The molecule has 0 fully saturated rings. The molecule has 4 heteroatoms. The van der Waals surface area contributed by atoms with Gasteiger partial charge in [-0.05, 0) is 30.3 Å². The Bertz CT molecular complexity index is 1160. The van der Waals surface area contributed by atoms with Crippen LogP contribution in [0.15, 0.2) is 94.3 Å². The minimum Gasteiger partial charge on any atom is -0.438 e. The van der Waals surface area contributed by atoms with Gasteiger partial charge in [0.05, 0.1) is 11.3 Å². The van der Waals surface area contributed by atoms with E-state index < -0.39 is 0 Å². The first-order valence-corrected chi connectivity index (χ1v) is 8.51. The van der Waals surface area contributed by atoms with E-state index in [0.717, 1.165) is 5.39 Å². The quantitative estimate of drug-likeness (QED) is 0.450. The molecule has 3 aromatic carbocycles. The van der Waals surface area contributed by atoms with Gasteiger partial charge in [-0.2, -0.15) is 0 Å². The maximum Gasteiger partial charge on any atom is 0.231 e. The summed E-state index contributed by atoms with van der Waals surface area (Å²) in [4.78, 5) is 17.5. The van der Waals surface area contributed by atoms with Crippen molar-refractivity contribution in [1.82, 2.24) is 0 Å². The molecule has 0 aliphatic rings. The third-order valence-corrected chi connectivity index (χ3v) is 4.21. The van der Waals surface area contributed by atoms with Gasteiger partial charge in [-0.1, -0.05) is 66.2 Å². The molecule has 4 aromatic rings. The first kappa shape index (κ1) is 16.3. The van der Waals surface area contributed by atoms with E-state index in [2.05, 4.69) is 4.99 Å². The molecule has 0 radical (unpaired) electrons. The molecule has 1 heterocycles. The van der Waals surface area contributed by atoms with Crippen molar-refractivity contribution in [3.63, 3.8) is 0 Å². The van der Waals surface area contributed by atoms with Crippen molar-refractivity contribution in [1.29, 1.82) is 0 Å². The molecule has 3 nitrogen and oxygen atoms in total. The third-order valence-electron chi connectivity index (χ3n) is 3.98. The SMILES string of the molecule is O=C(c1ccccc1)c1cc2ccccc2oc1=Nc1cccc(Cl)c1. The number of para-hydroxylation sites is 1. The highest BCUT2D eigenvalue weighted by Gasteiger charge is 2.14. The fraction of sp³-hybridized carbons (Fsp3) is 0. The lowest BCUT2D eigenvalue weighted by Gasteiger charge is -2.05. The Balaban J connectivity index is 1.97. The number of carbonyl (C=O) groups is 1. The van der Waals surface area contributed by atoms with E-state index in [0.29, 0.717) is 27.4 Å². The van der Waals surface area contributed by atoms with E-state index in [-0.39, 0.29) is 11.3 Å². The Morgan fingerprint density at radius 3 is 2.42 bits per heavy atom. The summed E-state index contributed by atoms with van der Waals surface area (Å²) in [6, 6.07) is 25.6. The van der Waals surface area contributed by atoms with E-state index >= 15 is 0 Å². The number of benzene rings is 3. The summed E-state index contributed by atoms with van der Waals surface area (Å²) in [6.07, 6.45) is 0. The van der Waals surface area contributed by atoms with Crippen LogP contribution in [-0.4, -0.2) is 5.78 Å². The maximum absolute atomic E-state index is 13.0. The molecule has 0 unspecified atom stereocenters. The Morgan fingerprint density at radius 1 is 0.846 bits per heavy atom. The molecule has 0 spiro atoms. The van der Waals surface area contributed by atoms with Gasteiger partial charge in [0.15, 0.2) is 5.78 Å². The summed E-state index contributed by atoms with van der Waals surface area (Å²) in [6.45, 7) is 0. The summed E-state index contributed by atoms with van der Waals surface area (Å²) >= 11 is 6.05. The highest BCUT2D eigenvalue weighted by molar-refractivity contribution is 6.30. The fourth-order valence-corrected chi connectivity index (χ4v) is 2.91. The summed E-state index contributed by atoms with van der Waals surface area (Å²) in [7, 11) is 0. The monoisotopic (exact) mass is 359 g/mol. The molecule has 0 saturated carbocycles. The lowest BCUT2D eigenvalue weighted by Crippen LogP contribution is -2.16. The van der Waals surface area contributed by atoms with E-state index in [1.807, 2.05) is 54.6 Å². The van der Waals surface area contributed by atoms with Gasteiger partial charge in [-0.3, -0.25) is 4.79 Å². The molecular formula is C22H14ClNO2. The molecule has 0 aliphatic carbocycles. The molecule has 0 atom stereocenters. The Labute approximate surface area is 155 Å². The van der Waals surface area contributed by atoms with Crippen LogP contribution in [0.3, 0.4) is 0 Å². The van der Waals surface area contributed by atoms with E-state index in [9.17, 15) is 4.79 Å². The number of nitrogens with zero attached hydrogens (tertiary/aromatic N) is 1. The van der Waals surface area contributed by atoms with Gasteiger partial charge in [0, 0.05) is 16.0 Å². The van der Waals surface area contributed by atoms with Crippen LogP contribution in [0.4, 0.5) is 5.69 Å². The molecule has 0 bridgehead atoms. The average Bonchev–Trinajstić information content (AvgIpc) is 2.68. The largest absolute Gasteiger partial charge is 0.438 e. The van der Waals surface area contributed by atoms with Gasteiger partial charge < -0.3 is 4.42 Å². The van der Waals surface area contributed by atoms with Gasteiger partial charge in [-0.25, -0.2) is 4.99 Å². The standard InChI is InChI=1S/C22H14ClNO2/c23-17-10-6-11-18(14-17)24-22-19(21(25)15-7-2-1-3-8-15)13-16-9-4-5-12-20(16)26-22/h1-14H. The Morgan fingerprint density at radius 2 is 1.62 bits per heavy atom. The minimum absolute atomic E-state index is 0.138. The fourth-order valence-electron chi connectivity index (χ4n) is 2.72. The van der Waals surface area contributed by atoms with Crippen LogP contribution in [0.1, 0.15) is 15.9 Å². The summed E-state index contributed by atoms with van der Waals surface area (Å²) in [5.41, 5.74) is 2.55. The van der Waals surface area contributed by atoms with Crippen molar-refractivity contribution in [3.05, 3.63) is 107 Å². The van der Waals surface area contributed by atoms with Gasteiger partial charge in [0.2, 0.25) is 5.55 Å². The molecule has 1 aromatic heterocycles. The smallest absolute Gasteiger partial charge is 0.231 e. The minimum atomic E-state index is -0.138. The second-order valence-electron chi connectivity index (χ2n) is 5.79. The third kappa shape index (κ3) is 3.30. The zero-order valence-electron chi connectivity index (χ0n) is 13.7. The average molecular weight is 360 g/mol. The van der Waals surface area contributed by atoms with Crippen LogP contribution >= 0.6 is 11.6 Å². The van der Waals surface area contributed by atoms with Crippen LogP contribution in [0.5, 0.6) is 0 Å². The zero-order valence-corrected chi connectivity index (χ0v) is 14.5. The van der Waals surface area contributed by atoms with Crippen molar-refractivity contribution >= 4 is 34.0 Å². The number of halogens is 1. The molecule has 0 saturated heterocycles. The molecular weight excluding hydrogens is 346 g/mol. The normalized spacial score (nSPS) is 11.7. The van der Waals surface area contributed by atoms with Crippen LogP contribution in [-0.2, 0) is 0 Å². The number of carbonyl (C=O) groups excluding carboxylic acids is 1. The van der Waals surface area contributed by atoms with Crippen LogP contribution in [0, 0.1) is 0 Å². The molecule has 126 valence electrons. The van der Waals surface area contributed by atoms with Crippen LogP contribution < -0.4 is 5.55 Å². The van der Waals surface area contributed by atoms with E-state index in [1.165, 1.54) is 0 Å². The topological polar surface area (TPSA) is 42.6 Å². The highest BCUT2D eigenvalue weighted by Crippen LogP contribution is 2.19. The van der Waals surface area contributed by atoms with Crippen molar-refractivity contribution in [2.24, 2.45) is 4.99 Å². The number of rotatable bonds is 3. The molecule has 0 aliphatic heterocycles. The number of ketones is 1. The van der Waals surface area contributed by atoms with Gasteiger partial charge in [-0.15, -0.1) is 0 Å². The number of fused-ring (bicyclic) bond motifs is 1. The van der Waals surface area contributed by atoms with Crippen molar-refractivity contribution in [2.75, 3.05) is 0 Å². The summed E-state index contributed by atoms with van der Waals surface area (Å²) in [5, 5.41) is 1.42. The Hall–Kier alpha value is -3.17. The first-order valence-electron chi connectivity index (χ1n) is 8.14. The predicted octanol–water partition coefficient (Wildman–Crippen LogP) is 5.55. The summed E-state index contributed by atoms with van der Waals surface area (Å²) in [5.74, 6) is -0.138. The van der Waals surface area contributed by atoms with Crippen LogP contribution in [0.25, 0.3) is 11.0 Å². The second kappa shape index (κ2) is 6.98. The van der Waals surface area contributed by atoms with Gasteiger partial charge in [0.25, 0.3) is 0 Å². The predicted molar refractivity (Wildman–Crippen MR) is 103 cm³/mol. The second-order valence-corrected chi connectivity index (χ2v) is 6.23.